The molecule has 40 heavy (non-hydrogen) atoms. The number of esters is 1. The van der Waals surface area contributed by atoms with Crippen molar-refractivity contribution < 1.29 is 34.0 Å². The van der Waals surface area contributed by atoms with Gasteiger partial charge in [0.15, 0.2) is 0 Å². The number of anilines is 1. The predicted molar refractivity (Wildman–Crippen MR) is 156 cm³/mol. The van der Waals surface area contributed by atoms with Gasteiger partial charge in [-0.25, -0.2) is 0 Å². The highest BCUT2D eigenvalue weighted by atomic mass is 32.2. The summed E-state index contributed by atoms with van der Waals surface area (Å²) in [7, 11) is 1.40. The van der Waals surface area contributed by atoms with Crippen molar-refractivity contribution in [3.05, 3.63) is 41.5 Å². The zero-order valence-corrected chi connectivity index (χ0v) is 24.8. The number of nitrogens with zero attached hydrogens (tertiary/aromatic N) is 1. The van der Waals surface area contributed by atoms with Crippen molar-refractivity contribution in [2.24, 2.45) is 0 Å². The normalized spacial score (nSPS) is 28.4. The molecule has 1 amide bonds. The smallest absolute Gasteiger partial charge is 0.325 e. The van der Waals surface area contributed by atoms with Crippen molar-refractivity contribution >= 4 is 29.3 Å². The molecule has 2 N–H and O–H groups in total. The maximum Gasteiger partial charge on any atom is 0.325 e. The first-order chi connectivity index (χ1) is 19.3. The van der Waals surface area contributed by atoms with Crippen LogP contribution in [0.1, 0.15) is 76.7 Å². The van der Waals surface area contributed by atoms with Crippen molar-refractivity contribution in [2.45, 2.75) is 99.2 Å². The van der Waals surface area contributed by atoms with E-state index in [0.717, 1.165) is 62.6 Å². The molecule has 0 unspecified atom stereocenters. The fraction of sp³-hybridized carbons (Fsp3) is 0.677. The summed E-state index contributed by atoms with van der Waals surface area (Å²) in [6.45, 7) is 2.80. The van der Waals surface area contributed by atoms with Crippen LogP contribution in [0.15, 0.2) is 35.9 Å². The van der Waals surface area contributed by atoms with Crippen LogP contribution in [-0.4, -0.2) is 77.5 Å². The van der Waals surface area contributed by atoms with Gasteiger partial charge < -0.3 is 29.3 Å². The number of rotatable bonds is 15. The standard InChI is InChI=1S/C31H45NO7S/c1-30(29(36)37-2)24(18-27-20-38-22-39-27)19-31(21-34,40-30)16-7-9-25-14-15-28(35)32(25)26-12-10-23(11-13-26)8-5-3-4-6-17-33/h10-13,19,25,27,33-34H,3-9,14-18,20-22H2,1-2H3/t25-,27-,30-,31-/m0/s1. The number of aliphatic hydroxyl groups excluding tert-OH is 2. The summed E-state index contributed by atoms with van der Waals surface area (Å²) < 4.78 is 14.7. The summed E-state index contributed by atoms with van der Waals surface area (Å²) in [6, 6.07) is 8.50. The number of aliphatic hydroxyl groups is 2. The molecule has 2 fully saturated rings. The second-order valence-corrected chi connectivity index (χ2v) is 13.2. The van der Waals surface area contributed by atoms with Crippen molar-refractivity contribution in [1.29, 1.82) is 0 Å². The Morgan fingerprint density at radius 2 is 1.93 bits per heavy atom. The molecular weight excluding hydrogens is 530 g/mol. The average molecular weight is 576 g/mol. The number of benzene rings is 1. The molecule has 1 aromatic carbocycles. The summed E-state index contributed by atoms with van der Waals surface area (Å²) in [5.41, 5.74) is 3.13. The number of aryl methyl sites for hydroxylation is 1. The third kappa shape index (κ3) is 7.29. The number of hydrogen-bond donors (Lipinski definition) is 2. The minimum Gasteiger partial charge on any atom is -0.468 e. The van der Waals surface area contributed by atoms with E-state index in [1.165, 1.54) is 24.4 Å². The monoisotopic (exact) mass is 575 g/mol. The maximum absolute atomic E-state index is 12.9. The van der Waals surface area contributed by atoms with Crippen LogP contribution in [0.2, 0.25) is 0 Å². The number of amides is 1. The van der Waals surface area contributed by atoms with Crippen LogP contribution in [0.4, 0.5) is 5.69 Å². The van der Waals surface area contributed by atoms with E-state index in [-0.39, 0.29) is 44.0 Å². The van der Waals surface area contributed by atoms with Crippen molar-refractivity contribution in [2.75, 3.05) is 38.6 Å². The Morgan fingerprint density at radius 3 is 2.60 bits per heavy atom. The lowest BCUT2D eigenvalue weighted by Gasteiger charge is -2.31. The predicted octanol–water partition coefficient (Wildman–Crippen LogP) is 4.55. The zero-order valence-electron chi connectivity index (χ0n) is 23.9. The number of ether oxygens (including phenoxy) is 3. The molecule has 1 aromatic rings. The molecule has 0 spiro atoms. The molecule has 0 bridgehead atoms. The van der Waals surface area contributed by atoms with E-state index in [9.17, 15) is 14.7 Å². The molecule has 9 heteroatoms. The van der Waals surface area contributed by atoms with Gasteiger partial charge in [0.1, 0.15) is 11.5 Å². The van der Waals surface area contributed by atoms with Crippen LogP contribution in [-0.2, 0) is 30.2 Å². The number of carbonyl (C=O) groups excluding carboxylic acids is 2. The Balaban J connectivity index is 1.37. The number of unbranched alkanes of at least 4 members (excludes halogenated alkanes) is 3. The second kappa shape index (κ2) is 14.3. The fourth-order valence-corrected chi connectivity index (χ4v) is 7.98. The fourth-order valence-electron chi connectivity index (χ4n) is 6.22. The SMILES string of the molecule is COC(=O)[C@@]1(C)S[C@@](CO)(CCC[C@H]2CCC(=O)N2c2ccc(CCCCCCO)cc2)C=C1C[C@H]1COCO1. The van der Waals surface area contributed by atoms with Crippen LogP contribution >= 0.6 is 11.8 Å². The van der Waals surface area contributed by atoms with Gasteiger partial charge in [-0.1, -0.05) is 31.1 Å². The molecule has 0 aliphatic carbocycles. The average Bonchev–Trinajstić information content (AvgIpc) is 3.68. The van der Waals surface area contributed by atoms with Gasteiger partial charge in [-0.2, -0.15) is 0 Å². The molecule has 4 atom stereocenters. The van der Waals surface area contributed by atoms with Crippen molar-refractivity contribution in [3.63, 3.8) is 0 Å². The van der Waals surface area contributed by atoms with E-state index in [4.69, 9.17) is 19.3 Å². The molecule has 3 aliphatic rings. The van der Waals surface area contributed by atoms with E-state index in [1.54, 1.807) is 0 Å². The molecule has 8 nitrogen and oxygen atoms in total. The van der Waals surface area contributed by atoms with Crippen LogP contribution < -0.4 is 4.90 Å². The Morgan fingerprint density at radius 1 is 1.15 bits per heavy atom. The Hall–Kier alpha value is -1.91. The topological polar surface area (TPSA) is 106 Å². The van der Waals surface area contributed by atoms with Gasteiger partial charge in [0.05, 0.1) is 31.2 Å². The third-order valence-electron chi connectivity index (χ3n) is 8.49. The number of methoxy groups -OCH3 is 1. The quantitative estimate of drug-likeness (QED) is 0.178. The van der Waals surface area contributed by atoms with Gasteiger partial charge >= 0.3 is 5.97 Å². The molecule has 3 aliphatic heterocycles. The van der Waals surface area contributed by atoms with E-state index in [2.05, 4.69) is 30.3 Å². The lowest BCUT2D eigenvalue weighted by atomic mass is 9.89. The van der Waals surface area contributed by atoms with E-state index in [1.807, 2.05) is 11.8 Å². The Bertz CT molecular complexity index is 1030. The van der Waals surface area contributed by atoms with E-state index in [0.29, 0.717) is 25.9 Å². The first kappa shape index (κ1) is 31.0. The Labute approximate surface area is 242 Å². The van der Waals surface area contributed by atoms with E-state index >= 15 is 0 Å². The van der Waals surface area contributed by atoms with Gasteiger partial charge in [-0.05, 0) is 81.6 Å². The summed E-state index contributed by atoms with van der Waals surface area (Å²) >= 11 is 1.47. The van der Waals surface area contributed by atoms with Gasteiger partial charge in [0.25, 0.3) is 0 Å². The van der Waals surface area contributed by atoms with Gasteiger partial charge in [0, 0.05) is 24.8 Å². The summed E-state index contributed by atoms with van der Waals surface area (Å²) in [4.78, 5) is 27.7. The highest BCUT2D eigenvalue weighted by molar-refractivity contribution is 8.03. The van der Waals surface area contributed by atoms with Gasteiger partial charge in [-0.15, -0.1) is 11.8 Å². The highest BCUT2D eigenvalue weighted by Gasteiger charge is 2.52. The zero-order chi connectivity index (χ0) is 28.6. The van der Waals surface area contributed by atoms with Crippen LogP contribution in [0.3, 0.4) is 0 Å². The van der Waals surface area contributed by atoms with Crippen LogP contribution in [0.25, 0.3) is 0 Å². The lowest BCUT2D eigenvalue weighted by molar-refractivity contribution is -0.142. The second-order valence-electron chi connectivity index (χ2n) is 11.4. The molecular formula is C31H45NO7S. The van der Waals surface area contributed by atoms with Crippen molar-refractivity contribution in [3.8, 4) is 0 Å². The van der Waals surface area contributed by atoms with Crippen LogP contribution in [0.5, 0.6) is 0 Å². The summed E-state index contributed by atoms with van der Waals surface area (Å²) in [5, 5.41) is 19.5. The summed E-state index contributed by atoms with van der Waals surface area (Å²) in [6.07, 6.45) is 11.4. The molecule has 2 saturated heterocycles. The maximum atomic E-state index is 12.9. The number of thioether (sulfide) groups is 1. The van der Waals surface area contributed by atoms with Crippen LogP contribution in [0, 0.1) is 0 Å². The Kier molecular flexibility index (Phi) is 11.1. The van der Waals surface area contributed by atoms with Gasteiger partial charge in [0.2, 0.25) is 5.91 Å². The third-order valence-corrected chi connectivity index (χ3v) is 10.2. The van der Waals surface area contributed by atoms with Gasteiger partial charge in [-0.3, -0.25) is 9.59 Å². The number of hydrogen-bond acceptors (Lipinski definition) is 8. The molecule has 0 saturated carbocycles. The lowest BCUT2D eigenvalue weighted by Crippen LogP contribution is -2.37. The largest absolute Gasteiger partial charge is 0.468 e. The van der Waals surface area contributed by atoms with Crippen molar-refractivity contribution in [1.82, 2.24) is 0 Å². The first-order valence-corrected chi connectivity index (χ1v) is 15.5. The molecule has 0 aromatic heterocycles. The molecule has 222 valence electrons. The highest BCUT2D eigenvalue weighted by Crippen LogP contribution is 2.54. The first-order valence-electron chi connectivity index (χ1n) is 14.7. The molecule has 0 radical (unpaired) electrons. The molecule has 3 heterocycles. The molecule has 4 rings (SSSR count). The van der Waals surface area contributed by atoms with E-state index < -0.39 is 9.49 Å². The minimum atomic E-state index is -0.890. The number of carbonyl (C=O) groups is 2. The summed E-state index contributed by atoms with van der Waals surface area (Å²) in [5.74, 6) is -0.160. The minimum absolute atomic E-state index is 0.0788.